The molecule has 10 heteroatoms. The number of alkyl halides is 6. The van der Waals surface area contributed by atoms with Crippen molar-refractivity contribution >= 4 is 28.9 Å². The number of aromatic nitrogens is 1. The minimum atomic E-state index is -5.16. The highest BCUT2D eigenvalue weighted by atomic mass is 127. The zero-order valence-electron chi connectivity index (χ0n) is 8.06. The van der Waals surface area contributed by atoms with Crippen molar-refractivity contribution in [2.45, 2.75) is 12.5 Å². The minimum absolute atomic E-state index is 0.103. The number of hydrogen-bond acceptors (Lipinski definition) is 3. The minimum Gasteiger partial charge on any atom is -0.404 e. The van der Waals surface area contributed by atoms with Crippen molar-refractivity contribution in [3.8, 4) is 5.75 Å². The normalized spacial score (nSPS) is 12.4. The maximum atomic E-state index is 12.5. The monoisotopic (exact) mass is 385 g/mol. The summed E-state index contributed by atoms with van der Waals surface area (Å²) >= 11 is 1.02. The summed E-state index contributed by atoms with van der Waals surface area (Å²) < 4.78 is 75.8. The van der Waals surface area contributed by atoms with Crippen LogP contribution >= 0.6 is 22.6 Å². The Morgan fingerprint density at radius 3 is 2.17 bits per heavy atom. The Balaban J connectivity index is 3.39. The zero-order valence-corrected chi connectivity index (χ0v) is 10.2. The summed E-state index contributed by atoms with van der Waals surface area (Å²) in [6.07, 6.45) is -10.3. The van der Waals surface area contributed by atoms with E-state index in [1.54, 1.807) is 0 Å². The van der Waals surface area contributed by atoms with Gasteiger partial charge in [-0.3, -0.25) is 4.79 Å². The molecule has 1 aromatic rings. The largest absolute Gasteiger partial charge is 0.573 e. The van der Waals surface area contributed by atoms with Crippen LogP contribution in [-0.2, 0) is 6.18 Å². The molecule has 0 saturated carbocycles. The second-order valence-corrected chi connectivity index (χ2v) is 3.95. The van der Waals surface area contributed by atoms with Gasteiger partial charge in [0.2, 0.25) is 0 Å². The number of hydrogen-bond donors (Lipinski definition) is 0. The van der Waals surface area contributed by atoms with E-state index in [1.807, 2.05) is 0 Å². The Morgan fingerprint density at radius 2 is 1.78 bits per heavy atom. The third-order valence-electron chi connectivity index (χ3n) is 1.56. The first-order valence-electron chi connectivity index (χ1n) is 4.03. The first-order chi connectivity index (χ1) is 8.04. The van der Waals surface area contributed by atoms with Crippen LogP contribution in [0.4, 0.5) is 26.3 Å². The molecule has 0 aliphatic heterocycles. The van der Waals surface area contributed by atoms with Gasteiger partial charge in [-0.2, -0.15) is 13.2 Å². The lowest BCUT2D eigenvalue weighted by molar-refractivity contribution is -0.275. The maximum absolute atomic E-state index is 12.5. The van der Waals surface area contributed by atoms with E-state index >= 15 is 0 Å². The van der Waals surface area contributed by atoms with Crippen LogP contribution in [0.1, 0.15) is 16.2 Å². The molecule has 1 aromatic heterocycles. The molecule has 0 saturated heterocycles. The van der Waals surface area contributed by atoms with Crippen molar-refractivity contribution in [2.75, 3.05) is 0 Å². The van der Waals surface area contributed by atoms with E-state index < -0.39 is 33.2 Å². The molecule has 0 aliphatic rings. The molecule has 100 valence electrons. The molecule has 0 bridgehead atoms. The van der Waals surface area contributed by atoms with Crippen molar-refractivity contribution in [2.24, 2.45) is 0 Å². The Hall–Kier alpha value is -1.07. The number of rotatable bonds is 2. The fourth-order valence-corrected chi connectivity index (χ4v) is 1.66. The van der Waals surface area contributed by atoms with Crippen LogP contribution in [0.5, 0.6) is 5.75 Å². The van der Waals surface area contributed by atoms with Gasteiger partial charge in [-0.1, -0.05) is 0 Å². The molecule has 0 fully saturated rings. The SMILES string of the molecule is O=Cc1cc(OC(F)(F)F)c(I)c(C(F)(F)F)n1. The van der Waals surface area contributed by atoms with E-state index in [4.69, 9.17) is 0 Å². The summed E-state index contributed by atoms with van der Waals surface area (Å²) in [5.41, 5.74) is -2.41. The smallest absolute Gasteiger partial charge is 0.404 e. The average Bonchev–Trinajstić information content (AvgIpc) is 2.17. The van der Waals surface area contributed by atoms with Gasteiger partial charge in [-0.25, -0.2) is 4.98 Å². The van der Waals surface area contributed by atoms with E-state index in [9.17, 15) is 31.1 Å². The summed E-state index contributed by atoms with van der Waals surface area (Å²) in [5, 5.41) is 0. The van der Waals surface area contributed by atoms with Gasteiger partial charge < -0.3 is 4.74 Å². The van der Waals surface area contributed by atoms with Crippen molar-refractivity contribution in [1.29, 1.82) is 0 Å². The Labute approximate surface area is 109 Å². The van der Waals surface area contributed by atoms with Crippen LogP contribution in [0.15, 0.2) is 6.07 Å². The number of aldehydes is 1. The lowest BCUT2D eigenvalue weighted by Crippen LogP contribution is -2.20. The highest BCUT2D eigenvalue weighted by Gasteiger charge is 2.39. The van der Waals surface area contributed by atoms with Gasteiger partial charge in [0.05, 0.1) is 3.57 Å². The van der Waals surface area contributed by atoms with E-state index in [-0.39, 0.29) is 6.29 Å². The molecule has 0 aromatic carbocycles. The molecule has 1 heterocycles. The van der Waals surface area contributed by atoms with Crippen LogP contribution < -0.4 is 4.74 Å². The summed E-state index contributed by atoms with van der Waals surface area (Å²) in [7, 11) is 0. The van der Waals surface area contributed by atoms with Gasteiger partial charge in [0.1, 0.15) is 11.4 Å². The maximum Gasteiger partial charge on any atom is 0.573 e. The van der Waals surface area contributed by atoms with Gasteiger partial charge in [0.25, 0.3) is 0 Å². The second-order valence-electron chi connectivity index (χ2n) is 2.87. The molecule has 3 nitrogen and oxygen atoms in total. The summed E-state index contributed by atoms with van der Waals surface area (Å²) in [6.45, 7) is 0. The van der Waals surface area contributed by atoms with Crippen LogP contribution in [0, 0.1) is 3.57 Å². The molecule has 0 N–H and O–H groups in total. The third kappa shape index (κ3) is 3.71. The fraction of sp³-hybridized carbons (Fsp3) is 0.250. The van der Waals surface area contributed by atoms with Crippen molar-refractivity contribution in [3.05, 3.63) is 21.0 Å². The van der Waals surface area contributed by atoms with Gasteiger partial charge in [-0.05, 0) is 22.6 Å². The Kier molecular flexibility index (Phi) is 4.08. The molecule has 18 heavy (non-hydrogen) atoms. The summed E-state index contributed by atoms with van der Waals surface area (Å²) in [6, 6.07) is 0.484. The Morgan fingerprint density at radius 1 is 1.22 bits per heavy atom. The van der Waals surface area contributed by atoms with Crippen molar-refractivity contribution < 1.29 is 35.9 Å². The van der Waals surface area contributed by atoms with E-state index in [2.05, 4.69) is 9.72 Å². The standard InChI is InChI=1S/C8H2F6INO2/c9-7(10,11)6-5(15)4(18-8(12,13)14)1-3(2-17)16-6/h1-2H. The van der Waals surface area contributed by atoms with Crippen molar-refractivity contribution in [1.82, 2.24) is 4.98 Å². The topological polar surface area (TPSA) is 39.2 Å². The number of ether oxygens (including phenoxy) is 1. The second kappa shape index (κ2) is 4.90. The number of halogens is 7. The van der Waals surface area contributed by atoms with E-state index in [0.717, 1.165) is 22.6 Å². The van der Waals surface area contributed by atoms with Crippen LogP contribution in [-0.4, -0.2) is 17.6 Å². The third-order valence-corrected chi connectivity index (χ3v) is 2.60. The zero-order chi connectivity index (χ0) is 14.1. The Bertz CT molecular complexity index is 470. The fourth-order valence-electron chi connectivity index (χ4n) is 0.972. The molecule has 1 rings (SSSR count). The van der Waals surface area contributed by atoms with Crippen LogP contribution in [0.2, 0.25) is 0 Å². The molecule has 0 unspecified atom stereocenters. The van der Waals surface area contributed by atoms with Crippen molar-refractivity contribution in [3.63, 3.8) is 0 Å². The lowest BCUT2D eigenvalue weighted by atomic mass is 10.3. The molecule has 0 amide bonds. The van der Waals surface area contributed by atoms with Crippen LogP contribution in [0.25, 0.3) is 0 Å². The molecule has 0 atom stereocenters. The van der Waals surface area contributed by atoms with Crippen LogP contribution in [0.3, 0.4) is 0 Å². The van der Waals surface area contributed by atoms with Gasteiger partial charge in [0.15, 0.2) is 12.0 Å². The summed E-state index contributed by atoms with van der Waals surface area (Å²) in [5.74, 6) is -1.12. The summed E-state index contributed by atoms with van der Waals surface area (Å²) in [4.78, 5) is 13.3. The molecule has 0 radical (unpaired) electrons. The highest BCUT2D eigenvalue weighted by Crippen LogP contribution is 2.37. The molecule has 0 aliphatic carbocycles. The predicted octanol–water partition coefficient (Wildman–Crippen LogP) is 3.42. The van der Waals surface area contributed by atoms with E-state index in [1.165, 1.54) is 0 Å². The highest BCUT2D eigenvalue weighted by molar-refractivity contribution is 14.1. The lowest BCUT2D eigenvalue weighted by Gasteiger charge is -2.14. The average molecular weight is 385 g/mol. The number of nitrogens with zero attached hydrogens (tertiary/aromatic N) is 1. The predicted molar refractivity (Wildman–Crippen MR) is 54.0 cm³/mol. The number of carbonyl (C=O) groups excluding carboxylic acids is 1. The first kappa shape index (κ1) is 15.0. The van der Waals surface area contributed by atoms with E-state index in [0.29, 0.717) is 6.07 Å². The first-order valence-corrected chi connectivity index (χ1v) is 5.11. The van der Waals surface area contributed by atoms with Gasteiger partial charge in [-0.15, -0.1) is 13.2 Å². The van der Waals surface area contributed by atoms with Gasteiger partial charge in [0, 0.05) is 6.07 Å². The number of pyridine rings is 1. The molecule has 0 spiro atoms. The molecular formula is C8H2F6INO2. The van der Waals surface area contributed by atoms with Gasteiger partial charge >= 0.3 is 12.5 Å². The quantitative estimate of drug-likeness (QED) is 0.445. The molecular weight excluding hydrogens is 383 g/mol. The number of carbonyl (C=O) groups is 1.